The summed E-state index contributed by atoms with van der Waals surface area (Å²) in [6.45, 7) is 4.84. The molecule has 0 aromatic heterocycles. The number of rotatable bonds is 5. The van der Waals surface area contributed by atoms with Crippen LogP contribution in [0.25, 0.3) is 6.08 Å². The Morgan fingerprint density at radius 3 is 2.52 bits per heavy atom. The van der Waals surface area contributed by atoms with Gasteiger partial charge >= 0.3 is 12.1 Å². The highest BCUT2D eigenvalue weighted by Gasteiger charge is 2.14. The van der Waals surface area contributed by atoms with E-state index in [1.54, 1.807) is 23.1 Å². The molecule has 0 unspecified atom stereocenters. The quantitative estimate of drug-likeness (QED) is 0.618. The second-order valence-corrected chi connectivity index (χ2v) is 4.52. The van der Waals surface area contributed by atoms with Gasteiger partial charge in [-0.1, -0.05) is 11.6 Å². The van der Waals surface area contributed by atoms with Crippen LogP contribution in [0.5, 0.6) is 5.75 Å². The molecule has 114 valence electrons. The average molecular weight is 312 g/mol. The van der Waals surface area contributed by atoms with E-state index >= 15 is 0 Å². The molecule has 0 heterocycles. The van der Waals surface area contributed by atoms with Crippen LogP contribution in [0.3, 0.4) is 0 Å². The van der Waals surface area contributed by atoms with Crippen LogP contribution in [0.1, 0.15) is 19.4 Å². The van der Waals surface area contributed by atoms with Gasteiger partial charge in [0.05, 0.1) is 7.11 Å². The van der Waals surface area contributed by atoms with Crippen molar-refractivity contribution >= 4 is 29.7 Å². The Hall–Kier alpha value is -2.01. The summed E-state index contributed by atoms with van der Waals surface area (Å²) in [5.41, 5.74) is 0.522. The molecular weight excluding hydrogens is 294 g/mol. The van der Waals surface area contributed by atoms with Gasteiger partial charge in [-0.25, -0.2) is 9.59 Å². The first kappa shape index (κ1) is 17.0. The lowest BCUT2D eigenvalue weighted by molar-refractivity contribution is -0.134. The molecule has 5 nitrogen and oxygen atoms in total. The van der Waals surface area contributed by atoms with Crippen LogP contribution in [0.4, 0.5) is 4.79 Å². The summed E-state index contributed by atoms with van der Waals surface area (Å²) in [5.74, 6) is -0.174. The topological polar surface area (TPSA) is 55.8 Å². The van der Waals surface area contributed by atoms with E-state index in [1.165, 1.54) is 19.3 Å². The van der Waals surface area contributed by atoms with E-state index < -0.39 is 12.1 Å². The third-order valence-electron chi connectivity index (χ3n) is 2.79. The number of ether oxygens (including phenoxy) is 2. The van der Waals surface area contributed by atoms with Crippen molar-refractivity contribution in [3.8, 4) is 5.75 Å². The van der Waals surface area contributed by atoms with Gasteiger partial charge in [0, 0.05) is 29.8 Å². The zero-order valence-corrected chi connectivity index (χ0v) is 13.0. The molecule has 0 aliphatic rings. The predicted octanol–water partition coefficient (Wildman–Crippen LogP) is 3.37. The summed E-state index contributed by atoms with van der Waals surface area (Å²) in [6, 6.07) is 4.80. The van der Waals surface area contributed by atoms with Crippen molar-refractivity contribution in [1.29, 1.82) is 0 Å². The third-order valence-corrected chi connectivity index (χ3v) is 3.03. The summed E-state index contributed by atoms with van der Waals surface area (Å²) in [7, 11) is 1.28. The van der Waals surface area contributed by atoms with Gasteiger partial charge in [0.2, 0.25) is 0 Å². The van der Waals surface area contributed by atoms with Gasteiger partial charge < -0.3 is 14.4 Å². The molecule has 21 heavy (non-hydrogen) atoms. The van der Waals surface area contributed by atoms with Gasteiger partial charge in [0.15, 0.2) is 0 Å². The lowest BCUT2D eigenvalue weighted by atomic mass is 10.2. The first-order valence-corrected chi connectivity index (χ1v) is 6.91. The zero-order chi connectivity index (χ0) is 15.8. The van der Waals surface area contributed by atoms with E-state index in [9.17, 15) is 9.59 Å². The van der Waals surface area contributed by atoms with Gasteiger partial charge in [-0.3, -0.25) is 0 Å². The maximum Gasteiger partial charge on any atom is 0.415 e. The number of halogens is 1. The summed E-state index contributed by atoms with van der Waals surface area (Å²) in [4.78, 5) is 24.7. The number of methoxy groups -OCH3 is 1. The van der Waals surface area contributed by atoms with Crippen molar-refractivity contribution in [3.63, 3.8) is 0 Å². The molecule has 0 N–H and O–H groups in total. The minimum Gasteiger partial charge on any atom is -0.466 e. The van der Waals surface area contributed by atoms with Crippen LogP contribution in [-0.2, 0) is 9.53 Å². The van der Waals surface area contributed by atoms with Crippen molar-refractivity contribution in [2.45, 2.75) is 13.8 Å². The Morgan fingerprint density at radius 1 is 1.29 bits per heavy atom. The van der Waals surface area contributed by atoms with Gasteiger partial charge in [0.1, 0.15) is 5.75 Å². The molecule has 1 aromatic rings. The summed E-state index contributed by atoms with van der Waals surface area (Å²) in [5, 5.41) is 0.474. The number of hydrogen-bond donors (Lipinski definition) is 0. The van der Waals surface area contributed by atoms with E-state index in [1.807, 2.05) is 13.8 Å². The molecule has 1 amide bonds. The van der Waals surface area contributed by atoms with E-state index in [0.29, 0.717) is 29.4 Å². The molecule has 0 spiro atoms. The third kappa shape index (κ3) is 5.11. The van der Waals surface area contributed by atoms with Gasteiger partial charge in [-0.2, -0.15) is 0 Å². The molecular formula is C15H18ClNO4. The van der Waals surface area contributed by atoms with Crippen LogP contribution < -0.4 is 4.74 Å². The molecule has 6 heteroatoms. The lowest BCUT2D eigenvalue weighted by Gasteiger charge is -2.18. The maximum atomic E-state index is 12.0. The van der Waals surface area contributed by atoms with E-state index in [0.717, 1.165) is 0 Å². The van der Waals surface area contributed by atoms with Crippen LogP contribution in [-0.4, -0.2) is 37.2 Å². The van der Waals surface area contributed by atoms with Crippen molar-refractivity contribution in [2.24, 2.45) is 0 Å². The Morgan fingerprint density at radius 2 is 1.95 bits per heavy atom. The number of carbonyl (C=O) groups is 2. The van der Waals surface area contributed by atoms with E-state index in [-0.39, 0.29) is 0 Å². The molecule has 0 saturated carbocycles. The standard InChI is InChI=1S/C15H18ClNO4/c1-4-17(5-2)15(19)21-13-8-7-12(16)10-11(13)6-9-14(18)20-3/h6-10H,4-5H2,1-3H3/b9-6+. The summed E-state index contributed by atoms with van der Waals surface area (Å²) >= 11 is 5.92. The Labute approximate surface area is 129 Å². The Balaban J connectivity index is 2.99. The van der Waals surface area contributed by atoms with Crippen LogP contribution in [0.2, 0.25) is 5.02 Å². The fraction of sp³-hybridized carbons (Fsp3) is 0.333. The summed E-state index contributed by atoms with van der Waals surface area (Å²) < 4.78 is 9.86. The highest BCUT2D eigenvalue weighted by atomic mass is 35.5. The fourth-order valence-corrected chi connectivity index (χ4v) is 1.79. The van der Waals surface area contributed by atoms with Crippen molar-refractivity contribution in [3.05, 3.63) is 34.9 Å². The number of amides is 1. The molecule has 0 fully saturated rings. The first-order valence-electron chi connectivity index (χ1n) is 6.54. The first-order chi connectivity index (χ1) is 10.0. The molecule has 0 atom stereocenters. The van der Waals surface area contributed by atoms with Crippen molar-refractivity contribution in [2.75, 3.05) is 20.2 Å². The van der Waals surface area contributed by atoms with Gasteiger partial charge in [0.25, 0.3) is 0 Å². The average Bonchev–Trinajstić information content (AvgIpc) is 2.48. The van der Waals surface area contributed by atoms with Crippen molar-refractivity contribution in [1.82, 2.24) is 4.90 Å². The molecule has 0 radical (unpaired) electrons. The number of carbonyl (C=O) groups excluding carboxylic acids is 2. The normalized spacial score (nSPS) is 10.5. The van der Waals surface area contributed by atoms with Gasteiger partial charge in [-0.15, -0.1) is 0 Å². The number of hydrogen-bond acceptors (Lipinski definition) is 4. The molecule has 1 aromatic carbocycles. The monoisotopic (exact) mass is 311 g/mol. The minimum absolute atomic E-state index is 0.330. The fourth-order valence-electron chi connectivity index (χ4n) is 1.61. The molecule has 0 aliphatic heterocycles. The van der Waals surface area contributed by atoms with Crippen LogP contribution in [0.15, 0.2) is 24.3 Å². The number of nitrogens with zero attached hydrogens (tertiary/aromatic N) is 1. The Bertz CT molecular complexity index is 538. The Kier molecular flexibility index (Phi) is 6.75. The molecule has 0 aliphatic carbocycles. The van der Waals surface area contributed by atoms with E-state index in [4.69, 9.17) is 16.3 Å². The molecule has 0 bridgehead atoms. The van der Waals surface area contributed by atoms with Crippen LogP contribution >= 0.6 is 11.6 Å². The van der Waals surface area contributed by atoms with Crippen LogP contribution in [0, 0.1) is 0 Å². The SMILES string of the molecule is CCN(CC)C(=O)Oc1ccc(Cl)cc1/C=C/C(=O)OC. The summed E-state index contributed by atoms with van der Waals surface area (Å²) in [6.07, 6.45) is 2.28. The number of esters is 1. The zero-order valence-electron chi connectivity index (χ0n) is 12.3. The second-order valence-electron chi connectivity index (χ2n) is 4.08. The smallest absolute Gasteiger partial charge is 0.415 e. The largest absolute Gasteiger partial charge is 0.466 e. The van der Waals surface area contributed by atoms with Gasteiger partial charge in [-0.05, 0) is 38.1 Å². The minimum atomic E-state index is -0.504. The lowest BCUT2D eigenvalue weighted by Crippen LogP contribution is -2.33. The molecule has 0 saturated heterocycles. The maximum absolute atomic E-state index is 12.0. The second kappa shape index (κ2) is 8.32. The number of benzene rings is 1. The predicted molar refractivity (Wildman–Crippen MR) is 81.4 cm³/mol. The molecule has 1 rings (SSSR count). The highest BCUT2D eigenvalue weighted by molar-refractivity contribution is 6.30. The van der Waals surface area contributed by atoms with Crippen molar-refractivity contribution < 1.29 is 19.1 Å². The van der Waals surface area contributed by atoms with E-state index in [2.05, 4.69) is 4.74 Å². The highest BCUT2D eigenvalue weighted by Crippen LogP contribution is 2.25.